The monoisotopic (exact) mass is 250 g/mol. The zero-order valence-electron chi connectivity index (χ0n) is 11.3. The van der Waals surface area contributed by atoms with Gasteiger partial charge >= 0.3 is 0 Å². The first kappa shape index (κ1) is 14.7. The maximum atomic E-state index is 12.1. The van der Waals surface area contributed by atoms with E-state index in [0.29, 0.717) is 13.2 Å². The molecule has 0 unspecified atom stereocenters. The summed E-state index contributed by atoms with van der Waals surface area (Å²) >= 11 is 0. The Balaban J connectivity index is 2.81. The summed E-state index contributed by atoms with van der Waals surface area (Å²) in [7, 11) is 1.67. The van der Waals surface area contributed by atoms with Gasteiger partial charge in [0.1, 0.15) is 0 Å². The third-order valence-corrected chi connectivity index (χ3v) is 2.97. The molecule has 0 spiro atoms. The summed E-state index contributed by atoms with van der Waals surface area (Å²) in [6, 6.07) is 7.75. The summed E-state index contributed by atoms with van der Waals surface area (Å²) in [6.07, 6.45) is 0.774. The van der Waals surface area contributed by atoms with Crippen LogP contribution in [0.3, 0.4) is 0 Å². The van der Waals surface area contributed by atoms with E-state index < -0.39 is 5.41 Å². The Morgan fingerprint density at radius 1 is 1.39 bits per heavy atom. The molecule has 0 saturated carbocycles. The molecule has 1 aromatic rings. The Bertz CT molecular complexity index is 403. The van der Waals surface area contributed by atoms with Gasteiger partial charge in [0.25, 0.3) is 0 Å². The molecule has 100 valence electrons. The van der Waals surface area contributed by atoms with E-state index in [1.165, 1.54) is 0 Å². The molecule has 0 radical (unpaired) electrons. The first-order valence-electron chi connectivity index (χ1n) is 6.09. The summed E-state index contributed by atoms with van der Waals surface area (Å²) in [4.78, 5) is 12.1. The van der Waals surface area contributed by atoms with Gasteiger partial charge < -0.3 is 15.8 Å². The average molecular weight is 250 g/mol. The highest BCUT2D eigenvalue weighted by atomic mass is 16.5. The number of hydrogen-bond acceptors (Lipinski definition) is 3. The Morgan fingerprint density at radius 3 is 2.67 bits per heavy atom. The first-order valence-corrected chi connectivity index (χ1v) is 6.09. The quantitative estimate of drug-likeness (QED) is 0.809. The average Bonchev–Trinajstić information content (AvgIpc) is 2.37. The summed E-state index contributed by atoms with van der Waals surface area (Å²) in [6.45, 7) is 4.62. The number of amides is 1. The molecule has 0 aromatic heterocycles. The summed E-state index contributed by atoms with van der Waals surface area (Å²) in [5.74, 6) is -0.0603. The zero-order valence-corrected chi connectivity index (χ0v) is 11.3. The van der Waals surface area contributed by atoms with Crippen molar-refractivity contribution in [1.82, 2.24) is 0 Å². The fourth-order valence-corrected chi connectivity index (χ4v) is 1.46. The Kier molecular flexibility index (Phi) is 5.31. The Hall–Kier alpha value is -1.39. The molecule has 0 atom stereocenters. The highest BCUT2D eigenvalue weighted by molar-refractivity contribution is 5.95. The lowest BCUT2D eigenvalue weighted by atomic mass is 9.92. The standard InChI is InChI=1S/C14H22N2O2/c1-14(2,10-15)13(17)16-12-7-5-4-6-11(12)8-9-18-3/h4-7H,8-10,15H2,1-3H3,(H,16,17). The zero-order chi connectivity index (χ0) is 13.6. The van der Waals surface area contributed by atoms with E-state index in [4.69, 9.17) is 10.5 Å². The molecule has 0 aliphatic carbocycles. The molecule has 3 N–H and O–H groups in total. The molecule has 0 bridgehead atoms. The van der Waals surface area contributed by atoms with Crippen molar-refractivity contribution in [3.8, 4) is 0 Å². The number of carbonyl (C=O) groups excluding carboxylic acids is 1. The molecule has 0 heterocycles. The van der Waals surface area contributed by atoms with Crippen molar-refractivity contribution in [2.45, 2.75) is 20.3 Å². The maximum absolute atomic E-state index is 12.1. The number of hydrogen-bond donors (Lipinski definition) is 2. The fraction of sp³-hybridized carbons (Fsp3) is 0.500. The molecule has 18 heavy (non-hydrogen) atoms. The van der Waals surface area contributed by atoms with Crippen molar-refractivity contribution >= 4 is 11.6 Å². The molecule has 0 aliphatic rings. The third kappa shape index (κ3) is 3.82. The summed E-state index contributed by atoms with van der Waals surface area (Å²) < 4.78 is 5.06. The summed E-state index contributed by atoms with van der Waals surface area (Å²) in [5.41, 5.74) is 6.94. The van der Waals surface area contributed by atoms with Gasteiger partial charge in [-0.3, -0.25) is 4.79 Å². The smallest absolute Gasteiger partial charge is 0.231 e. The van der Waals surface area contributed by atoms with Gasteiger partial charge in [-0.1, -0.05) is 18.2 Å². The van der Waals surface area contributed by atoms with E-state index in [9.17, 15) is 4.79 Å². The van der Waals surface area contributed by atoms with Crippen LogP contribution < -0.4 is 11.1 Å². The topological polar surface area (TPSA) is 64.3 Å². The molecule has 0 fully saturated rings. The fourth-order valence-electron chi connectivity index (χ4n) is 1.46. The highest BCUT2D eigenvalue weighted by Gasteiger charge is 2.26. The molecular weight excluding hydrogens is 228 g/mol. The van der Waals surface area contributed by atoms with Crippen LogP contribution >= 0.6 is 0 Å². The number of nitrogens with one attached hydrogen (secondary N) is 1. The largest absolute Gasteiger partial charge is 0.384 e. The van der Waals surface area contributed by atoms with Crippen LogP contribution in [0.25, 0.3) is 0 Å². The van der Waals surface area contributed by atoms with Gasteiger partial charge in [0.15, 0.2) is 0 Å². The normalized spacial score (nSPS) is 11.3. The second-order valence-electron chi connectivity index (χ2n) is 4.94. The van der Waals surface area contributed by atoms with Crippen molar-refractivity contribution in [2.24, 2.45) is 11.1 Å². The molecule has 4 heteroatoms. The number of anilines is 1. The minimum atomic E-state index is -0.561. The minimum Gasteiger partial charge on any atom is -0.384 e. The van der Waals surface area contributed by atoms with Crippen LogP contribution in [-0.2, 0) is 16.0 Å². The Morgan fingerprint density at radius 2 is 2.06 bits per heavy atom. The van der Waals surface area contributed by atoms with Crippen molar-refractivity contribution in [2.75, 3.05) is 25.6 Å². The van der Waals surface area contributed by atoms with Gasteiger partial charge in [-0.15, -0.1) is 0 Å². The van der Waals surface area contributed by atoms with Crippen LogP contribution in [0, 0.1) is 5.41 Å². The first-order chi connectivity index (χ1) is 8.51. The van der Waals surface area contributed by atoms with E-state index >= 15 is 0 Å². The van der Waals surface area contributed by atoms with E-state index in [-0.39, 0.29) is 5.91 Å². The van der Waals surface area contributed by atoms with Crippen LogP contribution in [0.4, 0.5) is 5.69 Å². The third-order valence-electron chi connectivity index (χ3n) is 2.97. The maximum Gasteiger partial charge on any atom is 0.231 e. The van der Waals surface area contributed by atoms with Gasteiger partial charge in [0.05, 0.1) is 12.0 Å². The molecule has 1 amide bonds. The minimum absolute atomic E-state index is 0.0603. The number of benzene rings is 1. The van der Waals surface area contributed by atoms with Crippen molar-refractivity contribution in [3.63, 3.8) is 0 Å². The lowest BCUT2D eigenvalue weighted by molar-refractivity contribution is -0.123. The molecule has 0 aliphatic heterocycles. The van der Waals surface area contributed by atoms with Gasteiger partial charge in [-0.25, -0.2) is 0 Å². The second kappa shape index (κ2) is 6.52. The SMILES string of the molecule is COCCc1ccccc1NC(=O)C(C)(C)CN. The van der Waals surface area contributed by atoms with Crippen LogP contribution in [0.15, 0.2) is 24.3 Å². The number of ether oxygens (including phenoxy) is 1. The van der Waals surface area contributed by atoms with Crippen LogP contribution in [0.1, 0.15) is 19.4 Å². The van der Waals surface area contributed by atoms with Crippen molar-refractivity contribution < 1.29 is 9.53 Å². The predicted octanol–water partition coefficient (Wildman–Crippen LogP) is 1.80. The molecule has 4 nitrogen and oxygen atoms in total. The van der Waals surface area contributed by atoms with Crippen LogP contribution in [0.2, 0.25) is 0 Å². The lowest BCUT2D eigenvalue weighted by Gasteiger charge is -2.22. The Labute approximate surface area is 109 Å². The van der Waals surface area contributed by atoms with Gasteiger partial charge in [0, 0.05) is 19.3 Å². The van der Waals surface area contributed by atoms with E-state index in [0.717, 1.165) is 17.7 Å². The molecular formula is C14H22N2O2. The number of nitrogens with two attached hydrogens (primary N) is 1. The predicted molar refractivity (Wildman–Crippen MR) is 73.5 cm³/mol. The molecule has 1 rings (SSSR count). The second-order valence-corrected chi connectivity index (χ2v) is 4.94. The molecule has 1 aromatic carbocycles. The number of para-hydroxylation sites is 1. The number of rotatable bonds is 6. The van der Waals surface area contributed by atoms with Crippen molar-refractivity contribution in [3.05, 3.63) is 29.8 Å². The lowest BCUT2D eigenvalue weighted by Crippen LogP contribution is -2.37. The highest BCUT2D eigenvalue weighted by Crippen LogP contribution is 2.20. The van der Waals surface area contributed by atoms with Gasteiger partial charge in [-0.05, 0) is 31.9 Å². The van der Waals surface area contributed by atoms with Crippen LogP contribution in [-0.4, -0.2) is 26.2 Å². The van der Waals surface area contributed by atoms with Crippen LogP contribution in [0.5, 0.6) is 0 Å². The van der Waals surface area contributed by atoms with E-state index in [1.54, 1.807) is 7.11 Å². The van der Waals surface area contributed by atoms with E-state index in [1.807, 2.05) is 38.1 Å². The van der Waals surface area contributed by atoms with Gasteiger partial charge in [0.2, 0.25) is 5.91 Å². The van der Waals surface area contributed by atoms with Gasteiger partial charge in [-0.2, -0.15) is 0 Å². The van der Waals surface area contributed by atoms with Crippen molar-refractivity contribution in [1.29, 1.82) is 0 Å². The van der Waals surface area contributed by atoms with E-state index in [2.05, 4.69) is 5.32 Å². The molecule has 0 saturated heterocycles. The summed E-state index contributed by atoms with van der Waals surface area (Å²) in [5, 5.41) is 2.94. The number of methoxy groups -OCH3 is 1. The number of carbonyl (C=O) groups is 1.